The van der Waals surface area contributed by atoms with Crippen LogP contribution in [0.5, 0.6) is 11.5 Å². The molecule has 2 heterocycles. The molecule has 0 atom stereocenters. The molecule has 0 radical (unpaired) electrons. The van der Waals surface area contributed by atoms with E-state index in [1.54, 1.807) is 0 Å². The Hall–Kier alpha value is -3.32. The average Bonchev–Trinajstić information content (AvgIpc) is 3.26. The summed E-state index contributed by atoms with van der Waals surface area (Å²) in [7, 11) is 4.05. The summed E-state index contributed by atoms with van der Waals surface area (Å²) in [5.41, 5.74) is 4.28. The highest BCUT2D eigenvalue weighted by molar-refractivity contribution is 5.94. The van der Waals surface area contributed by atoms with E-state index in [9.17, 15) is 4.79 Å². The van der Waals surface area contributed by atoms with Gasteiger partial charge in [0.2, 0.25) is 0 Å². The number of H-pyrrole nitrogens is 1. The number of carbonyl (C=O) groups is 1. The van der Waals surface area contributed by atoms with Crippen LogP contribution in [0.3, 0.4) is 0 Å². The number of amides is 1. The lowest BCUT2D eigenvalue weighted by Gasteiger charge is -2.18. The van der Waals surface area contributed by atoms with Gasteiger partial charge in [-0.25, -0.2) is 0 Å². The number of aromatic amines is 1. The number of nitrogens with one attached hydrogen (secondary N) is 2. The van der Waals surface area contributed by atoms with Crippen molar-refractivity contribution in [1.29, 1.82) is 0 Å². The first-order chi connectivity index (χ1) is 14.6. The Morgan fingerprint density at radius 1 is 1.03 bits per heavy atom. The predicted octanol–water partition coefficient (Wildman–Crippen LogP) is 3.20. The van der Waals surface area contributed by atoms with Crippen LogP contribution >= 0.6 is 0 Å². The Morgan fingerprint density at radius 3 is 2.53 bits per heavy atom. The molecule has 0 saturated heterocycles. The lowest BCUT2D eigenvalue weighted by atomic mass is 10.1. The monoisotopic (exact) mass is 406 g/mol. The van der Waals surface area contributed by atoms with Crippen molar-refractivity contribution in [3.63, 3.8) is 0 Å². The Morgan fingerprint density at radius 2 is 1.77 bits per heavy atom. The van der Waals surface area contributed by atoms with Crippen molar-refractivity contribution in [2.24, 2.45) is 0 Å². The zero-order chi connectivity index (χ0) is 20.9. The molecule has 1 aromatic heterocycles. The van der Waals surface area contributed by atoms with Crippen molar-refractivity contribution < 1.29 is 14.3 Å². The maximum Gasteiger partial charge on any atom is 0.251 e. The van der Waals surface area contributed by atoms with Gasteiger partial charge in [-0.15, -0.1) is 0 Å². The van der Waals surface area contributed by atoms with Crippen molar-refractivity contribution in [2.75, 3.05) is 40.4 Å². The van der Waals surface area contributed by atoms with Gasteiger partial charge in [-0.05, 0) is 69.0 Å². The minimum atomic E-state index is -0.0538. The smallest absolute Gasteiger partial charge is 0.251 e. The number of nitrogens with zero attached hydrogens (tertiary/aromatic N) is 2. The van der Waals surface area contributed by atoms with Gasteiger partial charge in [-0.1, -0.05) is 12.1 Å². The lowest BCUT2D eigenvalue weighted by Crippen LogP contribution is -2.27. The summed E-state index contributed by atoms with van der Waals surface area (Å²) in [6, 6.07) is 15.3. The summed E-state index contributed by atoms with van der Waals surface area (Å²) >= 11 is 0. The number of rotatable bonds is 7. The molecule has 7 heteroatoms. The highest BCUT2D eigenvalue weighted by Crippen LogP contribution is 2.34. The SMILES string of the molecule is CN(C)CCCNC(=O)c1ccc(-c2cc(-c3ccc4c(c3)OCCO4)n[nH]2)cc1. The third-order valence-electron chi connectivity index (χ3n) is 4.94. The fourth-order valence-electron chi connectivity index (χ4n) is 3.32. The average molecular weight is 406 g/mol. The van der Waals surface area contributed by atoms with E-state index in [4.69, 9.17) is 9.47 Å². The molecule has 2 aromatic carbocycles. The van der Waals surface area contributed by atoms with Crippen LogP contribution in [-0.4, -0.2) is 61.4 Å². The molecule has 0 unspecified atom stereocenters. The molecule has 4 rings (SSSR count). The van der Waals surface area contributed by atoms with E-state index in [1.165, 1.54) is 0 Å². The second-order valence-electron chi connectivity index (χ2n) is 7.52. The Labute approximate surface area is 176 Å². The third kappa shape index (κ3) is 4.63. The summed E-state index contributed by atoms with van der Waals surface area (Å²) in [4.78, 5) is 14.4. The van der Waals surface area contributed by atoms with E-state index < -0.39 is 0 Å². The molecular weight excluding hydrogens is 380 g/mol. The van der Waals surface area contributed by atoms with Gasteiger partial charge in [0, 0.05) is 17.7 Å². The lowest BCUT2D eigenvalue weighted by molar-refractivity contribution is 0.0952. The molecule has 30 heavy (non-hydrogen) atoms. The number of hydrogen-bond donors (Lipinski definition) is 2. The van der Waals surface area contributed by atoms with E-state index >= 15 is 0 Å². The Kier molecular flexibility index (Phi) is 5.99. The van der Waals surface area contributed by atoms with Gasteiger partial charge < -0.3 is 19.7 Å². The number of benzene rings is 2. The molecule has 0 saturated carbocycles. The van der Waals surface area contributed by atoms with Gasteiger partial charge in [-0.2, -0.15) is 5.10 Å². The normalized spacial score (nSPS) is 12.8. The molecule has 7 nitrogen and oxygen atoms in total. The number of carbonyl (C=O) groups excluding carboxylic acids is 1. The maximum atomic E-state index is 12.3. The van der Waals surface area contributed by atoms with Gasteiger partial charge in [0.1, 0.15) is 13.2 Å². The van der Waals surface area contributed by atoms with Crippen LogP contribution in [0.4, 0.5) is 0 Å². The predicted molar refractivity (Wildman–Crippen MR) is 116 cm³/mol. The van der Waals surface area contributed by atoms with E-state index in [2.05, 4.69) is 20.4 Å². The number of hydrogen-bond acceptors (Lipinski definition) is 5. The highest BCUT2D eigenvalue weighted by atomic mass is 16.6. The number of fused-ring (bicyclic) bond motifs is 1. The van der Waals surface area contributed by atoms with E-state index in [0.717, 1.165) is 47.0 Å². The van der Waals surface area contributed by atoms with Crippen molar-refractivity contribution >= 4 is 5.91 Å². The van der Waals surface area contributed by atoms with E-state index in [1.807, 2.05) is 62.6 Å². The Balaban J connectivity index is 1.42. The zero-order valence-corrected chi connectivity index (χ0v) is 17.3. The number of aromatic nitrogens is 2. The van der Waals surface area contributed by atoms with Crippen LogP contribution in [0, 0.1) is 0 Å². The molecule has 3 aromatic rings. The summed E-state index contributed by atoms with van der Waals surface area (Å²) < 4.78 is 11.2. The topological polar surface area (TPSA) is 79.5 Å². The summed E-state index contributed by atoms with van der Waals surface area (Å²) in [5, 5.41) is 10.5. The standard InChI is InChI=1S/C23H26N4O3/c1-27(2)11-3-10-24-23(28)17-6-4-16(5-7-17)19-15-20(26-25-19)18-8-9-21-22(14-18)30-13-12-29-21/h4-9,14-15H,3,10-13H2,1-2H3,(H,24,28)(H,25,26). The maximum absolute atomic E-state index is 12.3. The Bertz CT molecular complexity index is 1010. The molecule has 156 valence electrons. The fraction of sp³-hybridized carbons (Fsp3) is 0.304. The zero-order valence-electron chi connectivity index (χ0n) is 17.3. The van der Waals surface area contributed by atoms with Gasteiger partial charge in [0.05, 0.1) is 11.4 Å². The minimum absolute atomic E-state index is 0.0538. The molecule has 0 bridgehead atoms. The van der Waals surface area contributed by atoms with Crippen molar-refractivity contribution in [1.82, 2.24) is 20.4 Å². The van der Waals surface area contributed by atoms with Crippen molar-refractivity contribution in [3.8, 4) is 34.0 Å². The second kappa shape index (κ2) is 9.00. The first-order valence-electron chi connectivity index (χ1n) is 10.1. The molecular formula is C23H26N4O3. The second-order valence-corrected chi connectivity index (χ2v) is 7.52. The largest absolute Gasteiger partial charge is 0.486 e. The highest BCUT2D eigenvalue weighted by Gasteiger charge is 2.14. The van der Waals surface area contributed by atoms with E-state index in [-0.39, 0.29) is 5.91 Å². The van der Waals surface area contributed by atoms with Gasteiger partial charge in [-0.3, -0.25) is 9.89 Å². The van der Waals surface area contributed by atoms with Gasteiger partial charge >= 0.3 is 0 Å². The van der Waals surface area contributed by atoms with Crippen molar-refractivity contribution in [3.05, 3.63) is 54.1 Å². The summed E-state index contributed by atoms with van der Waals surface area (Å²) in [5.74, 6) is 1.45. The van der Waals surface area contributed by atoms with Crippen LogP contribution in [0.25, 0.3) is 22.5 Å². The molecule has 2 N–H and O–H groups in total. The molecule has 1 aliphatic heterocycles. The van der Waals surface area contributed by atoms with Crippen LogP contribution in [0.15, 0.2) is 48.5 Å². The van der Waals surface area contributed by atoms with Crippen LogP contribution < -0.4 is 14.8 Å². The first-order valence-corrected chi connectivity index (χ1v) is 10.1. The number of ether oxygens (including phenoxy) is 2. The molecule has 1 aliphatic rings. The molecule has 0 spiro atoms. The van der Waals surface area contributed by atoms with Crippen LogP contribution in [0.2, 0.25) is 0 Å². The fourth-order valence-corrected chi connectivity index (χ4v) is 3.32. The summed E-state index contributed by atoms with van der Waals surface area (Å²) in [6.07, 6.45) is 0.924. The van der Waals surface area contributed by atoms with Crippen LogP contribution in [0.1, 0.15) is 16.8 Å². The van der Waals surface area contributed by atoms with E-state index in [0.29, 0.717) is 25.3 Å². The summed E-state index contributed by atoms with van der Waals surface area (Å²) in [6.45, 7) is 2.74. The third-order valence-corrected chi connectivity index (χ3v) is 4.94. The first kappa shape index (κ1) is 20.0. The molecule has 1 amide bonds. The minimum Gasteiger partial charge on any atom is -0.486 e. The van der Waals surface area contributed by atoms with Crippen molar-refractivity contribution in [2.45, 2.75) is 6.42 Å². The molecule has 0 aliphatic carbocycles. The van der Waals surface area contributed by atoms with Crippen LogP contribution in [-0.2, 0) is 0 Å². The molecule has 0 fully saturated rings. The van der Waals surface area contributed by atoms with Gasteiger partial charge in [0.15, 0.2) is 11.5 Å². The quantitative estimate of drug-likeness (QED) is 0.589. The van der Waals surface area contributed by atoms with Gasteiger partial charge in [0.25, 0.3) is 5.91 Å².